The minimum Gasteiger partial charge on any atom is -0.481 e. The third-order valence-electron chi connectivity index (χ3n) is 3.10. The highest BCUT2D eigenvalue weighted by Gasteiger charge is 2.19. The van der Waals surface area contributed by atoms with Crippen LogP contribution in [0.15, 0.2) is 24.3 Å². The SMILES string of the molecule is CC(C)N(CCC(=O)O)C(C)c1ccc(F)cc1. The van der Waals surface area contributed by atoms with Crippen molar-refractivity contribution < 1.29 is 14.3 Å². The zero-order chi connectivity index (χ0) is 13.7. The summed E-state index contributed by atoms with van der Waals surface area (Å²) < 4.78 is 12.9. The van der Waals surface area contributed by atoms with Crippen LogP contribution in [0, 0.1) is 5.82 Å². The molecule has 3 nitrogen and oxygen atoms in total. The summed E-state index contributed by atoms with van der Waals surface area (Å²) in [5.74, 6) is -1.06. The Kier molecular flexibility index (Phi) is 5.28. The Morgan fingerprint density at radius 3 is 2.28 bits per heavy atom. The number of nitrogens with zero attached hydrogens (tertiary/aromatic N) is 1. The fourth-order valence-electron chi connectivity index (χ4n) is 2.06. The van der Waals surface area contributed by atoms with Gasteiger partial charge in [0, 0.05) is 18.6 Å². The monoisotopic (exact) mass is 253 g/mol. The molecule has 100 valence electrons. The maximum Gasteiger partial charge on any atom is 0.304 e. The van der Waals surface area contributed by atoms with Gasteiger partial charge in [0.15, 0.2) is 0 Å². The van der Waals surface area contributed by atoms with Gasteiger partial charge < -0.3 is 5.11 Å². The number of hydrogen-bond donors (Lipinski definition) is 1. The van der Waals surface area contributed by atoms with Crippen LogP contribution in [0.3, 0.4) is 0 Å². The predicted octanol–water partition coefficient (Wildman–Crippen LogP) is 3.07. The Morgan fingerprint density at radius 2 is 1.83 bits per heavy atom. The molecule has 0 fully saturated rings. The molecular weight excluding hydrogens is 233 g/mol. The van der Waals surface area contributed by atoms with E-state index in [1.165, 1.54) is 12.1 Å². The van der Waals surface area contributed by atoms with Gasteiger partial charge in [0.2, 0.25) is 0 Å². The van der Waals surface area contributed by atoms with E-state index < -0.39 is 5.97 Å². The predicted molar refractivity (Wildman–Crippen MR) is 68.9 cm³/mol. The quantitative estimate of drug-likeness (QED) is 0.847. The highest BCUT2D eigenvalue weighted by Crippen LogP contribution is 2.22. The van der Waals surface area contributed by atoms with Gasteiger partial charge in [-0.15, -0.1) is 0 Å². The van der Waals surface area contributed by atoms with Gasteiger partial charge >= 0.3 is 5.97 Å². The second-order valence-corrected chi connectivity index (χ2v) is 4.70. The lowest BCUT2D eigenvalue weighted by molar-refractivity contribution is -0.137. The van der Waals surface area contributed by atoms with Crippen LogP contribution in [-0.4, -0.2) is 28.6 Å². The van der Waals surface area contributed by atoms with Gasteiger partial charge in [0.1, 0.15) is 5.82 Å². The van der Waals surface area contributed by atoms with E-state index in [0.717, 1.165) is 5.56 Å². The molecule has 0 heterocycles. The second kappa shape index (κ2) is 6.50. The summed E-state index contributed by atoms with van der Waals surface area (Å²) in [7, 11) is 0. The van der Waals surface area contributed by atoms with E-state index in [1.807, 2.05) is 20.8 Å². The maximum absolute atomic E-state index is 12.9. The molecule has 0 saturated heterocycles. The topological polar surface area (TPSA) is 40.5 Å². The molecule has 1 atom stereocenters. The first kappa shape index (κ1) is 14.6. The van der Waals surface area contributed by atoms with Crippen molar-refractivity contribution in [3.05, 3.63) is 35.6 Å². The van der Waals surface area contributed by atoms with Crippen LogP contribution in [-0.2, 0) is 4.79 Å². The summed E-state index contributed by atoms with van der Waals surface area (Å²) >= 11 is 0. The normalized spacial score (nSPS) is 13.0. The molecule has 0 saturated carbocycles. The number of carbonyl (C=O) groups is 1. The Bertz CT molecular complexity index is 389. The molecule has 0 aliphatic carbocycles. The summed E-state index contributed by atoms with van der Waals surface area (Å²) in [5, 5.41) is 8.76. The lowest BCUT2D eigenvalue weighted by atomic mass is 10.0. The average molecular weight is 253 g/mol. The van der Waals surface area contributed by atoms with Crippen LogP contribution in [0.25, 0.3) is 0 Å². The minimum absolute atomic E-state index is 0.0740. The second-order valence-electron chi connectivity index (χ2n) is 4.70. The molecule has 0 bridgehead atoms. The standard InChI is InChI=1S/C14H20FNO2/c1-10(2)16(9-8-14(17)18)11(3)12-4-6-13(15)7-5-12/h4-7,10-11H,8-9H2,1-3H3,(H,17,18). The van der Waals surface area contributed by atoms with Crippen molar-refractivity contribution in [3.63, 3.8) is 0 Å². The molecule has 4 heteroatoms. The molecule has 0 aliphatic heterocycles. The maximum atomic E-state index is 12.9. The lowest BCUT2D eigenvalue weighted by Crippen LogP contribution is -2.35. The first-order chi connectivity index (χ1) is 8.41. The van der Waals surface area contributed by atoms with Crippen LogP contribution in [0.5, 0.6) is 0 Å². The van der Waals surface area contributed by atoms with Crippen LogP contribution in [0.4, 0.5) is 4.39 Å². The van der Waals surface area contributed by atoms with E-state index in [2.05, 4.69) is 4.90 Å². The molecule has 0 radical (unpaired) electrons. The van der Waals surface area contributed by atoms with Crippen LogP contribution in [0.1, 0.15) is 38.8 Å². The van der Waals surface area contributed by atoms with Crippen molar-refractivity contribution in [2.75, 3.05) is 6.54 Å². The highest BCUT2D eigenvalue weighted by atomic mass is 19.1. The molecule has 0 aromatic heterocycles. The van der Waals surface area contributed by atoms with Crippen molar-refractivity contribution in [1.82, 2.24) is 4.90 Å². The molecule has 18 heavy (non-hydrogen) atoms. The van der Waals surface area contributed by atoms with E-state index in [4.69, 9.17) is 5.11 Å². The summed E-state index contributed by atoms with van der Waals surface area (Å²) in [4.78, 5) is 12.8. The van der Waals surface area contributed by atoms with E-state index in [0.29, 0.717) is 6.54 Å². The van der Waals surface area contributed by atoms with Gasteiger partial charge in [0.25, 0.3) is 0 Å². The molecule has 0 aliphatic rings. The number of carboxylic acids is 1. The van der Waals surface area contributed by atoms with Crippen molar-refractivity contribution in [2.24, 2.45) is 0 Å². The first-order valence-corrected chi connectivity index (χ1v) is 6.14. The van der Waals surface area contributed by atoms with Crippen LogP contribution in [0.2, 0.25) is 0 Å². The Labute approximate surface area is 107 Å². The van der Waals surface area contributed by atoms with Crippen molar-refractivity contribution in [3.8, 4) is 0 Å². The van der Waals surface area contributed by atoms with Crippen molar-refractivity contribution in [2.45, 2.75) is 39.3 Å². The smallest absolute Gasteiger partial charge is 0.304 e. The zero-order valence-corrected chi connectivity index (χ0v) is 11.1. The van der Waals surface area contributed by atoms with Crippen LogP contribution >= 0.6 is 0 Å². The number of halogens is 1. The van der Waals surface area contributed by atoms with Crippen molar-refractivity contribution >= 4 is 5.97 Å². The first-order valence-electron chi connectivity index (χ1n) is 6.14. The Hall–Kier alpha value is -1.42. The molecule has 1 unspecified atom stereocenters. The zero-order valence-electron chi connectivity index (χ0n) is 11.1. The van der Waals surface area contributed by atoms with Crippen LogP contribution < -0.4 is 0 Å². The van der Waals surface area contributed by atoms with E-state index in [-0.39, 0.29) is 24.3 Å². The van der Waals surface area contributed by atoms with Gasteiger partial charge in [-0.25, -0.2) is 4.39 Å². The molecule has 1 aromatic carbocycles. The summed E-state index contributed by atoms with van der Waals surface area (Å²) in [6.07, 6.45) is 0.115. The minimum atomic E-state index is -0.799. The summed E-state index contributed by atoms with van der Waals surface area (Å²) in [5.41, 5.74) is 0.996. The number of hydrogen-bond acceptors (Lipinski definition) is 2. The fraction of sp³-hybridized carbons (Fsp3) is 0.500. The van der Waals surface area contributed by atoms with Gasteiger partial charge in [-0.05, 0) is 38.5 Å². The van der Waals surface area contributed by atoms with Gasteiger partial charge in [-0.1, -0.05) is 12.1 Å². The third-order valence-corrected chi connectivity index (χ3v) is 3.10. The van der Waals surface area contributed by atoms with Crippen molar-refractivity contribution in [1.29, 1.82) is 0 Å². The molecular formula is C14H20FNO2. The summed E-state index contributed by atoms with van der Waals surface area (Å²) in [6.45, 7) is 6.56. The van der Waals surface area contributed by atoms with Gasteiger partial charge in [-0.3, -0.25) is 9.69 Å². The number of rotatable bonds is 6. The molecule has 1 rings (SSSR count). The van der Waals surface area contributed by atoms with E-state index in [9.17, 15) is 9.18 Å². The lowest BCUT2D eigenvalue weighted by Gasteiger charge is -2.32. The molecule has 0 spiro atoms. The molecule has 0 amide bonds. The Balaban J connectivity index is 2.78. The summed E-state index contributed by atoms with van der Waals surface area (Å²) in [6, 6.07) is 6.67. The third kappa shape index (κ3) is 4.11. The van der Waals surface area contributed by atoms with Gasteiger partial charge in [-0.2, -0.15) is 0 Å². The Morgan fingerprint density at radius 1 is 1.28 bits per heavy atom. The average Bonchev–Trinajstić information content (AvgIpc) is 2.29. The number of benzene rings is 1. The fourth-order valence-corrected chi connectivity index (χ4v) is 2.06. The van der Waals surface area contributed by atoms with E-state index in [1.54, 1.807) is 12.1 Å². The van der Waals surface area contributed by atoms with Gasteiger partial charge in [0.05, 0.1) is 6.42 Å². The molecule has 1 aromatic rings. The highest BCUT2D eigenvalue weighted by molar-refractivity contribution is 5.66. The molecule has 1 N–H and O–H groups in total. The van der Waals surface area contributed by atoms with E-state index >= 15 is 0 Å². The number of aliphatic carboxylic acids is 1. The largest absolute Gasteiger partial charge is 0.481 e. The number of carboxylic acid groups (broad SMARTS) is 1.